The Morgan fingerprint density at radius 3 is 2.79 bits per heavy atom. The van der Waals surface area contributed by atoms with Gasteiger partial charge in [0.25, 0.3) is 0 Å². The molecule has 0 amide bonds. The van der Waals surface area contributed by atoms with Crippen molar-refractivity contribution in [1.29, 1.82) is 0 Å². The minimum absolute atomic E-state index is 0.149. The number of carbonyl (C=O) groups is 1. The number of methoxy groups -OCH3 is 1. The van der Waals surface area contributed by atoms with E-state index in [0.717, 1.165) is 27.8 Å². The fraction of sp³-hybridized carbons (Fsp3) is 0.286. The van der Waals surface area contributed by atoms with Gasteiger partial charge in [0.05, 0.1) is 7.11 Å². The zero-order valence-electron chi connectivity index (χ0n) is 11.3. The number of aromatic nitrogens is 1. The second-order valence-corrected chi connectivity index (χ2v) is 4.46. The molecule has 19 heavy (non-hydrogen) atoms. The van der Waals surface area contributed by atoms with Crippen molar-refractivity contribution in [3.63, 3.8) is 0 Å². The summed E-state index contributed by atoms with van der Waals surface area (Å²) in [6.45, 7) is 2.11. The first kappa shape index (κ1) is 13.1. The first-order valence-electron chi connectivity index (χ1n) is 5.96. The quantitative estimate of drug-likeness (QED) is 0.671. The number of esters is 1. The van der Waals surface area contributed by atoms with Gasteiger partial charge < -0.3 is 15.4 Å². The maximum Gasteiger partial charge on any atom is 0.325 e. The lowest BCUT2D eigenvalue weighted by molar-refractivity contribution is -0.138. The topological polar surface area (TPSA) is 68.5 Å². The Labute approximate surface area is 112 Å². The lowest BCUT2D eigenvalue weighted by atomic mass is 10.1. The molecule has 0 atom stereocenters. The van der Waals surface area contributed by atoms with Crippen molar-refractivity contribution in [2.45, 2.75) is 6.92 Å². The zero-order chi connectivity index (χ0) is 14.0. The summed E-state index contributed by atoms with van der Waals surface area (Å²) in [6, 6.07) is 5.80. The molecule has 0 bridgehead atoms. The number of anilines is 2. The van der Waals surface area contributed by atoms with Crippen LogP contribution in [-0.2, 0) is 9.53 Å². The molecular formula is C14H17N3O2. The van der Waals surface area contributed by atoms with Gasteiger partial charge in [0, 0.05) is 29.7 Å². The van der Waals surface area contributed by atoms with E-state index in [0.29, 0.717) is 0 Å². The van der Waals surface area contributed by atoms with Gasteiger partial charge in [-0.2, -0.15) is 0 Å². The van der Waals surface area contributed by atoms with Crippen molar-refractivity contribution in [3.8, 4) is 0 Å². The van der Waals surface area contributed by atoms with E-state index in [1.807, 2.05) is 25.1 Å². The van der Waals surface area contributed by atoms with Crippen LogP contribution in [0.3, 0.4) is 0 Å². The number of aryl methyl sites for hydroxylation is 1. The van der Waals surface area contributed by atoms with Crippen LogP contribution in [0.4, 0.5) is 11.5 Å². The van der Waals surface area contributed by atoms with E-state index in [2.05, 4.69) is 9.72 Å². The van der Waals surface area contributed by atoms with E-state index in [1.54, 1.807) is 18.1 Å². The summed E-state index contributed by atoms with van der Waals surface area (Å²) < 4.78 is 4.66. The molecule has 0 saturated carbocycles. The third-order valence-electron chi connectivity index (χ3n) is 3.14. The normalized spacial score (nSPS) is 10.5. The SMILES string of the molecule is COC(=O)CN(C)c1nccc2c(N)c(C)ccc12. The maximum absolute atomic E-state index is 11.3. The molecule has 100 valence electrons. The lowest BCUT2D eigenvalue weighted by Gasteiger charge is -2.19. The Morgan fingerprint density at radius 1 is 1.37 bits per heavy atom. The first-order chi connectivity index (χ1) is 9.04. The van der Waals surface area contributed by atoms with E-state index < -0.39 is 0 Å². The molecular weight excluding hydrogens is 242 g/mol. The van der Waals surface area contributed by atoms with Crippen LogP contribution in [0.1, 0.15) is 5.56 Å². The molecule has 0 radical (unpaired) electrons. The highest BCUT2D eigenvalue weighted by atomic mass is 16.5. The number of nitrogen functional groups attached to an aromatic ring is 1. The van der Waals surface area contributed by atoms with Crippen LogP contribution in [0.25, 0.3) is 10.8 Å². The van der Waals surface area contributed by atoms with Crippen molar-refractivity contribution >= 4 is 28.2 Å². The fourth-order valence-corrected chi connectivity index (χ4v) is 2.01. The number of nitrogens with zero attached hydrogens (tertiary/aromatic N) is 2. The van der Waals surface area contributed by atoms with Gasteiger partial charge in [-0.25, -0.2) is 4.98 Å². The Balaban J connectivity index is 2.50. The number of fused-ring (bicyclic) bond motifs is 1. The summed E-state index contributed by atoms with van der Waals surface area (Å²) in [4.78, 5) is 17.4. The molecule has 1 aromatic heterocycles. The summed E-state index contributed by atoms with van der Waals surface area (Å²) >= 11 is 0. The molecule has 1 aromatic carbocycles. The van der Waals surface area contributed by atoms with Crippen molar-refractivity contribution < 1.29 is 9.53 Å². The van der Waals surface area contributed by atoms with E-state index in [-0.39, 0.29) is 12.5 Å². The molecule has 2 rings (SSSR count). The molecule has 2 N–H and O–H groups in total. The average molecular weight is 259 g/mol. The second kappa shape index (κ2) is 5.14. The number of nitrogens with two attached hydrogens (primary N) is 1. The van der Waals surface area contributed by atoms with Crippen LogP contribution in [0.15, 0.2) is 24.4 Å². The summed E-state index contributed by atoms with van der Waals surface area (Å²) in [5.41, 5.74) is 7.85. The van der Waals surface area contributed by atoms with Gasteiger partial charge in [0.15, 0.2) is 0 Å². The van der Waals surface area contributed by atoms with Crippen molar-refractivity contribution in [2.24, 2.45) is 0 Å². The zero-order valence-corrected chi connectivity index (χ0v) is 11.3. The van der Waals surface area contributed by atoms with Crippen LogP contribution >= 0.6 is 0 Å². The minimum atomic E-state index is -0.304. The molecule has 0 spiro atoms. The van der Waals surface area contributed by atoms with Crippen molar-refractivity contribution in [3.05, 3.63) is 30.0 Å². The summed E-state index contributed by atoms with van der Waals surface area (Å²) in [6.07, 6.45) is 1.70. The molecule has 0 saturated heterocycles. The highest BCUT2D eigenvalue weighted by molar-refractivity contribution is 6.00. The Morgan fingerprint density at radius 2 is 2.11 bits per heavy atom. The summed E-state index contributed by atoms with van der Waals surface area (Å²) in [5, 5.41) is 1.87. The molecule has 0 aliphatic rings. The monoisotopic (exact) mass is 259 g/mol. The molecule has 0 aliphatic carbocycles. The Bertz CT molecular complexity index is 625. The maximum atomic E-state index is 11.3. The largest absolute Gasteiger partial charge is 0.468 e. The number of benzene rings is 1. The fourth-order valence-electron chi connectivity index (χ4n) is 2.01. The van der Waals surface area contributed by atoms with Gasteiger partial charge in [0.1, 0.15) is 12.4 Å². The van der Waals surface area contributed by atoms with Gasteiger partial charge in [-0.1, -0.05) is 12.1 Å². The molecule has 0 aliphatic heterocycles. The molecule has 0 fully saturated rings. The molecule has 0 unspecified atom stereocenters. The van der Waals surface area contributed by atoms with Crippen LogP contribution in [-0.4, -0.2) is 31.7 Å². The number of pyridine rings is 1. The van der Waals surface area contributed by atoms with Crippen LogP contribution in [0.5, 0.6) is 0 Å². The van der Waals surface area contributed by atoms with Crippen LogP contribution in [0.2, 0.25) is 0 Å². The second-order valence-electron chi connectivity index (χ2n) is 4.46. The predicted molar refractivity (Wildman–Crippen MR) is 76.2 cm³/mol. The van der Waals surface area contributed by atoms with Gasteiger partial charge in [0.2, 0.25) is 0 Å². The lowest BCUT2D eigenvalue weighted by Crippen LogP contribution is -2.27. The smallest absolute Gasteiger partial charge is 0.325 e. The summed E-state index contributed by atoms with van der Waals surface area (Å²) in [7, 11) is 3.17. The first-order valence-corrected chi connectivity index (χ1v) is 5.96. The Kier molecular flexibility index (Phi) is 3.55. The van der Waals surface area contributed by atoms with Gasteiger partial charge in [-0.15, -0.1) is 0 Å². The predicted octanol–water partition coefficient (Wildman–Crippen LogP) is 1.73. The summed E-state index contributed by atoms with van der Waals surface area (Å²) in [5.74, 6) is 0.413. The number of hydrogen-bond donors (Lipinski definition) is 1. The number of carbonyl (C=O) groups excluding carboxylic acids is 1. The van der Waals surface area contributed by atoms with Crippen molar-refractivity contribution in [1.82, 2.24) is 4.98 Å². The Hall–Kier alpha value is -2.30. The van der Waals surface area contributed by atoms with E-state index >= 15 is 0 Å². The molecule has 5 heteroatoms. The van der Waals surface area contributed by atoms with Crippen molar-refractivity contribution in [2.75, 3.05) is 31.3 Å². The molecule has 2 aromatic rings. The number of ether oxygens (including phenoxy) is 1. The minimum Gasteiger partial charge on any atom is -0.468 e. The number of rotatable bonds is 3. The highest BCUT2D eigenvalue weighted by Gasteiger charge is 2.13. The van der Waals surface area contributed by atoms with Gasteiger partial charge >= 0.3 is 5.97 Å². The standard InChI is InChI=1S/C14H17N3O2/c1-9-4-5-11-10(13(9)15)6-7-16-14(11)17(2)8-12(18)19-3/h4-7H,8,15H2,1-3H3. The van der Waals surface area contributed by atoms with Crippen LogP contribution in [0, 0.1) is 6.92 Å². The van der Waals surface area contributed by atoms with E-state index in [4.69, 9.17) is 5.73 Å². The molecule has 5 nitrogen and oxygen atoms in total. The molecule has 1 heterocycles. The van der Waals surface area contributed by atoms with E-state index in [1.165, 1.54) is 7.11 Å². The highest BCUT2D eigenvalue weighted by Crippen LogP contribution is 2.29. The van der Waals surface area contributed by atoms with E-state index in [9.17, 15) is 4.79 Å². The van der Waals surface area contributed by atoms with Gasteiger partial charge in [-0.05, 0) is 18.6 Å². The number of hydrogen-bond acceptors (Lipinski definition) is 5. The third-order valence-corrected chi connectivity index (χ3v) is 3.14. The average Bonchev–Trinajstić information content (AvgIpc) is 2.42. The number of likely N-dealkylation sites (N-methyl/N-ethyl adjacent to an activating group) is 1. The third kappa shape index (κ3) is 2.45. The van der Waals surface area contributed by atoms with Gasteiger partial charge in [-0.3, -0.25) is 4.79 Å². The van der Waals surface area contributed by atoms with Crippen LogP contribution < -0.4 is 10.6 Å².